The summed E-state index contributed by atoms with van der Waals surface area (Å²) >= 11 is 0. The molecule has 11 aromatic rings. The zero-order valence-corrected chi connectivity index (χ0v) is 27.2. The lowest BCUT2D eigenvalue weighted by Gasteiger charge is -2.14. The van der Waals surface area contributed by atoms with E-state index in [4.69, 9.17) is 24.4 Å². The lowest BCUT2D eigenvalue weighted by Crippen LogP contribution is -2.01. The van der Waals surface area contributed by atoms with E-state index in [-0.39, 0.29) is 0 Å². The Morgan fingerprint density at radius 1 is 0.333 bits per heavy atom. The molecule has 8 aromatic carbocycles. The van der Waals surface area contributed by atoms with Crippen molar-refractivity contribution in [2.24, 2.45) is 0 Å². The maximum Gasteiger partial charge on any atom is 0.228 e. The molecule has 0 N–H and O–H groups in total. The van der Waals surface area contributed by atoms with Gasteiger partial charge in [-0.2, -0.15) is 0 Å². The normalized spacial score (nSPS) is 11.9. The zero-order chi connectivity index (χ0) is 33.5. The lowest BCUT2D eigenvalue weighted by atomic mass is 9.92. The predicted molar refractivity (Wildman–Crippen MR) is 208 cm³/mol. The first-order valence-electron chi connectivity index (χ1n) is 17.1. The quantitative estimate of drug-likeness (QED) is 0.177. The van der Waals surface area contributed by atoms with Crippen molar-refractivity contribution in [3.63, 3.8) is 0 Å². The minimum atomic E-state index is 0.613. The van der Waals surface area contributed by atoms with Crippen molar-refractivity contribution >= 4 is 65.2 Å². The van der Waals surface area contributed by atoms with Gasteiger partial charge in [-0.25, -0.2) is 19.9 Å². The van der Waals surface area contributed by atoms with Crippen molar-refractivity contribution in [2.75, 3.05) is 0 Å². The molecule has 0 bridgehead atoms. The van der Waals surface area contributed by atoms with Gasteiger partial charge in [-0.05, 0) is 49.8 Å². The number of hydrogen-bond acceptors (Lipinski definition) is 5. The van der Waals surface area contributed by atoms with Crippen LogP contribution >= 0.6 is 0 Å². The van der Waals surface area contributed by atoms with Gasteiger partial charge in [0, 0.05) is 33.0 Å². The van der Waals surface area contributed by atoms with Gasteiger partial charge in [0.25, 0.3) is 0 Å². The fourth-order valence-electron chi connectivity index (χ4n) is 7.71. The van der Waals surface area contributed by atoms with Crippen LogP contribution in [0, 0.1) is 0 Å². The summed E-state index contributed by atoms with van der Waals surface area (Å²) in [6.07, 6.45) is 0. The van der Waals surface area contributed by atoms with Crippen LogP contribution in [0.5, 0.6) is 0 Å². The van der Waals surface area contributed by atoms with Gasteiger partial charge in [0.05, 0.1) is 11.1 Å². The molecular weight excluding hydrogens is 625 g/mol. The van der Waals surface area contributed by atoms with E-state index in [0.29, 0.717) is 23.2 Å². The maximum atomic E-state index is 6.26. The fraction of sp³-hybridized carbons (Fsp3) is 0. The average molecular weight is 651 g/mol. The van der Waals surface area contributed by atoms with Crippen molar-refractivity contribution < 1.29 is 4.42 Å². The van der Waals surface area contributed by atoms with E-state index in [9.17, 15) is 0 Å². The Balaban J connectivity index is 1.08. The van der Waals surface area contributed by atoms with Crippen molar-refractivity contribution in [1.82, 2.24) is 19.9 Å². The molecule has 0 unspecified atom stereocenters. The van der Waals surface area contributed by atoms with E-state index in [1.807, 2.05) is 48.5 Å². The van der Waals surface area contributed by atoms with Crippen LogP contribution in [0.25, 0.3) is 111 Å². The van der Waals surface area contributed by atoms with Gasteiger partial charge in [0.1, 0.15) is 5.58 Å². The SMILES string of the molecule is c1ccc(-c2nc(-c3ccc(-c4nc5oc6ccccc6c5c5ccccc45)cc3)nc(-c3ccc4ccc5cccc6ccc3c4c56)n2)cc1. The second-order valence-corrected chi connectivity index (χ2v) is 13.0. The third kappa shape index (κ3) is 4.28. The molecule has 236 valence electrons. The van der Waals surface area contributed by atoms with Gasteiger partial charge in [0.15, 0.2) is 17.5 Å². The van der Waals surface area contributed by atoms with Crippen molar-refractivity contribution in [3.8, 4) is 45.4 Å². The van der Waals surface area contributed by atoms with Gasteiger partial charge in [-0.1, -0.05) is 146 Å². The summed E-state index contributed by atoms with van der Waals surface area (Å²) in [5, 5.41) is 11.6. The smallest absolute Gasteiger partial charge is 0.228 e. The molecule has 5 heteroatoms. The topological polar surface area (TPSA) is 64.7 Å². The number of furan rings is 1. The average Bonchev–Trinajstić information content (AvgIpc) is 3.59. The van der Waals surface area contributed by atoms with Gasteiger partial charge in [0.2, 0.25) is 5.71 Å². The third-order valence-corrected chi connectivity index (χ3v) is 10.1. The molecule has 51 heavy (non-hydrogen) atoms. The first kappa shape index (κ1) is 27.9. The molecule has 0 amide bonds. The number of aromatic nitrogens is 4. The molecule has 0 saturated carbocycles. The van der Waals surface area contributed by atoms with Gasteiger partial charge in [-0.15, -0.1) is 0 Å². The van der Waals surface area contributed by atoms with Crippen LogP contribution in [0.2, 0.25) is 0 Å². The minimum absolute atomic E-state index is 0.613. The number of fused-ring (bicyclic) bond motifs is 5. The summed E-state index contributed by atoms with van der Waals surface area (Å²) in [6, 6.07) is 54.6. The Labute approximate surface area is 291 Å². The Hall–Kier alpha value is -6.98. The van der Waals surface area contributed by atoms with E-state index >= 15 is 0 Å². The number of nitrogens with zero attached hydrogens (tertiary/aromatic N) is 4. The molecular formula is C46H26N4O. The number of pyridine rings is 1. The molecule has 3 aromatic heterocycles. The Bertz CT molecular complexity index is 3110. The first-order valence-corrected chi connectivity index (χ1v) is 17.1. The molecule has 0 atom stereocenters. The summed E-state index contributed by atoms with van der Waals surface area (Å²) in [5.41, 5.74) is 6.14. The van der Waals surface area contributed by atoms with E-state index < -0.39 is 0 Å². The standard InChI is InChI=1S/C46H26N4O/c1-2-9-31(10-3-1)43-48-44(50-45(49-43)36-26-24-29-18-17-27-11-8-12-28-23-25-34(36)40(29)39(27)28)32-21-19-30(20-22-32)42-35-14-5-4-13-33(35)41-37-15-6-7-16-38(37)51-46(41)47-42/h1-26H. The molecule has 0 saturated heterocycles. The van der Waals surface area contributed by atoms with Crippen LogP contribution in [-0.4, -0.2) is 19.9 Å². The van der Waals surface area contributed by atoms with Crippen LogP contribution in [-0.2, 0) is 0 Å². The number of rotatable bonds is 4. The Kier molecular flexibility index (Phi) is 5.89. The largest absolute Gasteiger partial charge is 0.438 e. The molecule has 0 aliphatic heterocycles. The first-order chi connectivity index (χ1) is 25.3. The maximum absolute atomic E-state index is 6.26. The van der Waals surface area contributed by atoms with Gasteiger partial charge < -0.3 is 4.42 Å². The van der Waals surface area contributed by atoms with Gasteiger partial charge in [-0.3, -0.25) is 0 Å². The van der Waals surface area contributed by atoms with Gasteiger partial charge >= 0.3 is 0 Å². The van der Waals surface area contributed by atoms with E-state index in [2.05, 4.69) is 109 Å². The molecule has 0 aliphatic carbocycles. The Morgan fingerprint density at radius 2 is 0.922 bits per heavy atom. The molecule has 0 spiro atoms. The molecule has 11 rings (SSSR count). The number of hydrogen-bond donors (Lipinski definition) is 0. The van der Waals surface area contributed by atoms with Crippen LogP contribution in [0.4, 0.5) is 0 Å². The summed E-state index contributed by atoms with van der Waals surface area (Å²) in [5.74, 6) is 1.89. The summed E-state index contributed by atoms with van der Waals surface area (Å²) in [6.45, 7) is 0. The molecule has 0 radical (unpaired) electrons. The lowest BCUT2D eigenvalue weighted by molar-refractivity contribution is 0.655. The molecule has 3 heterocycles. The highest BCUT2D eigenvalue weighted by Crippen LogP contribution is 2.40. The van der Waals surface area contributed by atoms with Crippen LogP contribution in [0.3, 0.4) is 0 Å². The minimum Gasteiger partial charge on any atom is -0.438 e. The summed E-state index contributed by atoms with van der Waals surface area (Å²) in [7, 11) is 0. The molecule has 5 nitrogen and oxygen atoms in total. The second-order valence-electron chi connectivity index (χ2n) is 13.0. The highest BCUT2D eigenvalue weighted by molar-refractivity contribution is 6.25. The summed E-state index contributed by atoms with van der Waals surface area (Å²) < 4.78 is 6.26. The highest BCUT2D eigenvalue weighted by atomic mass is 16.3. The fourth-order valence-corrected chi connectivity index (χ4v) is 7.71. The third-order valence-electron chi connectivity index (χ3n) is 10.1. The van der Waals surface area contributed by atoms with Crippen molar-refractivity contribution in [3.05, 3.63) is 158 Å². The van der Waals surface area contributed by atoms with Crippen LogP contribution < -0.4 is 0 Å². The molecule has 0 fully saturated rings. The molecule has 0 aliphatic rings. The van der Waals surface area contributed by atoms with Crippen LogP contribution in [0.1, 0.15) is 0 Å². The predicted octanol–water partition coefficient (Wildman–Crippen LogP) is 11.9. The van der Waals surface area contributed by atoms with E-state index in [0.717, 1.165) is 60.5 Å². The Morgan fingerprint density at radius 3 is 1.71 bits per heavy atom. The number of para-hydroxylation sites is 1. The number of benzene rings is 8. The van der Waals surface area contributed by atoms with E-state index in [1.54, 1.807) is 0 Å². The summed E-state index contributed by atoms with van der Waals surface area (Å²) in [4.78, 5) is 20.3. The van der Waals surface area contributed by atoms with Crippen molar-refractivity contribution in [2.45, 2.75) is 0 Å². The van der Waals surface area contributed by atoms with Crippen molar-refractivity contribution in [1.29, 1.82) is 0 Å². The van der Waals surface area contributed by atoms with Crippen LogP contribution in [0.15, 0.2) is 162 Å². The second kappa shape index (κ2) is 10.8. The monoisotopic (exact) mass is 650 g/mol. The van der Waals surface area contributed by atoms with E-state index in [1.165, 1.54) is 26.9 Å². The highest BCUT2D eigenvalue weighted by Gasteiger charge is 2.19. The zero-order valence-electron chi connectivity index (χ0n) is 27.2.